The van der Waals surface area contributed by atoms with Crippen LogP contribution in [0, 0.1) is 0 Å². The Morgan fingerprint density at radius 3 is 2.34 bits per heavy atom. The largest absolute Gasteiger partial charge is 0.489 e. The van der Waals surface area contributed by atoms with Crippen molar-refractivity contribution in [3.8, 4) is 5.75 Å². The minimum atomic E-state index is -0.176. The lowest BCUT2D eigenvalue weighted by molar-refractivity contribution is -0.114. The number of nitrogens with zero attached hydrogens (tertiary/aromatic N) is 1. The van der Waals surface area contributed by atoms with E-state index in [1.165, 1.54) is 0 Å². The number of amides is 2. The second kappa shape index (κ2) is 10.9. The average Bonchev–Trinajstić information content (AvgIpc) is 2.72. The van der Waals surface area contributed by atoms with Crippen LogP contribution in [0.15, 0.2) is 60.7 Å². The Bertz CT molecular complexity index is 843. The second-order valence-corrected chi connectivity index (χ2v) is 6.73. The van der Waals surface area contributed by atoms with Gasteiger partial charge in [0, 0.05) is 36.1 Å². The monoisotopic (exact) mass is 395 g/mol. The van der Waals surface area contributed by atoms with Gasteiger partial charge in [-0.05, 0) is 62.7 Å². The molecule has 0 atom stereocenters. The van der Waals surface area contributed by atoms with Gasteiger partial charge in [0.15, 0.2) is 0 Å². The number of anilines is 2. The third-order valence-electron chi connectivity index (χ3n) is 4.24. The minimum absolute atomic E-state index is 0.00745. The van der Waals surface area contributed by atoms with Crippen molar-refractivity contribution in [3.63, 3.8) is 0 Å². The summed E-state index contributed by atoms with van der Waals surface area (Å²) in [5.74, 6) is 0.505. The van der Waals surface area contributed by atoms with Crippen molar-refractivity contribution in [2.75, 3.05) is 36.9 Å². The zero-order valence-electron chi connectivity index (χ0n) is 17.3. The molecule has 2 N–H and O–H groups in total. The highest BCUT2D eigenvalue weighted by molar-refractivity contribution is 5.95. The lowest BCUT2D eigenvalue weighted by atomic mass is 10.1. The number of hydrogen-bond donors (Lipinski definition) is 2. The van der Waals surface area contributed by atoms with Crippen LogP contribution in [0.1, 0.15) is 31.1 Å². The van der Waals surface area contributed by atoms with Crippen LogP contribution in [0.3, 0.4) is 0 Å². The Hall–Kier alpha value is -3.28. The maximum atomic E-state index is 12.3. The first-order chi connectivity index (χ1) is 13.9. The molecule has 0 bridgehead atoms. The molecule has 6 heteroatoms. The molecule has 2 amide bonds. The highest BCUT2D eigenvalue weighted by Gasteiger charge is 2.12. The molecule has 0 aromatic heterocycles. The molecule has 0 saturated heterocycles. The predicted molar refractivity (Wildman–Crippen MR) is 118 cm³/mol. The molecule has 0 aliphatic carbocycles. The SMILES string of the molecule is C=C(C)COc1cccc(NC(=O)CNc2ccc(C(=O)N(CC)CC)cc2)c1. The Balaban J connectivity index is 1.87. The van der Waals surface area contributed by atoms with Crippen molar-refractivity contribution in [3.05, 3.63) is 66.2 Å². The zero-order chi connectivity index (χ0) is 21.2. The van der Waals surface area contributed by atoms with Crippen molar-refractivity contribution >= 4 is 23.2 Å². The molecule has 2 aromatic rings. The van der Waals surface area contributed by atoms with Crippen molar-refractivity contribution in [2.45, 2.75) is 20.8 Å². The summed E-state index contributed by atoms with van der Waals surface area (Å²) in [7, 11) is 0. The number of benzene rings is 2. The van der Waals surface area contributed by atoms with Crippen molar-refractivity contribution in [1.82, 2.24) is 4.90 Å². The smallest absolute Gasteiger partial charge is 0.253 e. The van der Waals surface area contributed by atoms with Gasteiger partial charge in [0.05, 0.1) is 6.54 Å². The fourth-order valence-corrected chi connectivity index (χ4v) is 2.68. The van der Waals surface area contributed by atoms with Crippen LogP contribution in [0.2, 0.25) is 0 Å². The van der Waals surface area contributed by atoms with Gasteiger partial charge < -0.3 is 20.3 Å². The summed E-state index contributed by atoms with van der Waals surface area (Å²) >= 11 is 0. The van der Waals surface area contributed by atoms with Crippen LogP contribution in [-0.4, -0.2) is 43.0 Å². The Labute approximate surface area is 172 Å². The third-order valence-corrected chi connectivity index (χ3v) is 4.24. The van der Waals surface area contributed by atoms with E-state index in [-0.39, 0.29) is 18.4 Å². The molecule has 2 aromatic carbocycles. The van der Waals surface area contributed by atoms with E-state index in [4.69, 9.17) is 4.74 Å². The highest BCUT2D eigenvalue weighted by Crippen LogP contribution is 2.18. The molecule has 0 radical (unpaired) electrons. The van der Waals surface area contributed by atoms with Crippen LogP contribution in [0.25, 0.3) is 0 Å². The Kier molecular flexibility index (Phi) is 8.27. The first kappa shape index (κ1) is 22.0. The van der Waals surface area contributed by atoms with Gasteiger partial charge in [-0.3, -0.25) is 9.59 Å². The molecular formula is C23H29N3O3. The van der Waals surface area contributed by atoms with Crippen molar-refractivity contribution in [2.24, 2.45) is 0 Å². The molecule has 0 heterocycles. The lowest BCUT2D eigenvalue weighted by Crippen LogP contribution is -2.30. The maximum absolute atomic E-state index is 12.3. The van der Waals surface area contributed by atoms with Crippen LogP contribution < -0.4 is 15.4 Å². The van der Waals surface area contributed by atoms with Gasteiger partial charge in [0.2, 0.25) is 5.91 Å². The topological polar surface area (TPSA) is 70.7 Å². The quantitative estimate of drug-likeness (QED) is 0.592. The lowest BCUT2D eigenvalue weighted by Gasteiger charge is -2.18. The Morgan fingerprint density at radius 1 is 1.03 bits per heavy atom. The molecular weight excluding hydrogens is 366 g/mol. The fourth-order valence-electron chi connectivity index (χ4n) is 2.68. The van der Waals surface area contributed by atoms with Crippen LogP contribution in [0.5, 0.6) is 5.75 Å². The van der Waals surface area contributed by atoms with E-state index < -0.39 is 0 Å². The summed E-state index contributed by atoms with van der Waals surface area (Å²) in [6.45, 7) is 11.5. The van der Waals surface area contributed by atoms with E-state index in [9.17, 15) is 9.59 Å². The Morgan fingerprint density at radius 2 is 1.72 bits per heavy atom. The summed E-state index contributed by atoms with van der Waals surface area (Å²) in [5, 5.41) is 5.90. The van der Waals surface area contributed by atoms with E-state index in [0.29, 0.717) is 36.7 Å². The number of nitrogens with one attached hydrogen (secondary N) is 2. The standard InChI is InChI=1S/C23H29N3O3/c1-5-26(6-2)23(28)18-10-12-19(13-11-18)24-15-22(27)25-20-8-7-9-21(14-20)29-16-17(3)4/h7-14,24H,3,5-6,15-16H2,1-2,4H3,(H,25,27). The average molecular weight is 396 g/mol. The van der Waals surface area contributed by atoms with Gasteiger partial charge in [-0.2, -0.15) is 0 Å². The molecule has 0 aliphatic heterocycles. The molecule has 0 fully saturated rings. The van der Waals surface area contributed by atoms with E-state index in [0.717, 1.165) is 11.3 Å². The van der Waals surface area contributed by atoms with Gasteiger partial charge in [0.1, 0.15) is 12.4 Å². The third kappa shape index (κ3) is 6.99. The van der Waals surface area contributed by atoms with Crippen LogP contribution >= 0.6 is 0 Å². The zero-order valence-corrected chi connectivity index (χ0v) is 17.3. The summed E-state index contributed by atoms with van der Waals surface area (Å²) in [6, 6.07) is 14.4. The van der Waals surface area contributed by atoms with Crippen molar-refractivity contribution in [1.29, 1.82) is 0 Å². The number of ether oxygens (including phenoxy) is 1. The molecule has 0 saturated carbocycles. The first-order valence-corrected chi connectivity index (χ1v) is 9.73. The fraction of sp³-hybridized carbons (Fsp3) is 0.304. The van der Waals surface area contributed by atoms with Gasteiger partial charge in [0.25, 0.3) is 5.91 Å². The molecule has 29 heavy (non-hydrogen) atoms. The summed E-state index contributed by atoms with van der Waals surface area (Å²) < 4.78 is 5.58. The number of rotatable bonds is 10. The molecule has 2 rings (SSSR count). The van der Waals surface area contributed by atoms with Crippen LogP contribution in [0.4, 0.5) is 11.4 Å². The maximum Gasteiger partial charge on any atom is 0.253 e. The van der Waals surface area contributed by atoms with E-state index in [1.54, 1.807) is 41.3 Å². The summed E-state index contributed by atoms with van der Waals surface area (Å²) in [4.78, 5) is 26.3. The summed E-state index contributed by atoms with van der Waals surface area (Å²) in [5.41, 5.74) is 3.00. The first-order valence-electron chi connectivity index (χ1n) is 9.73. The summed E-state index contributed by atoms with van der Waals surface area (Å²) in [6.07, 6.45) is 0. The molecule has 0 spiro atoms. The second-order valence-electron chi connectivity index (χ2n) is 6.73. The number of carbonyl (C=O) groups is 2. The molecule has 6 nitrogen and oxygen atoms in total. The van der Waals surface area contributed by atoms with E-state index in [2.05, 4.69) is 17.2 Å². The van der Waals surface area contributed by atoms with Crippen molar-refractivity contribution < 1.29 is 14.3 Å². The van der Waals surface area contributed by atoms with Gasteiger partial charge in [-0.15, -0.1) is 0 Å². The van der Waals surface area contributed by atoms with Gasteiger partial charge in [-0.25, -0.2) is 0 Å². The number of carbonyl (C=O) groups excluding carboxylic acids is 2. The van der Waals surface area contributed by atoms with E-state index >= 15 is 0 Å². The molecule has 0 aliphatic rings. The van der Waals surface area contributed by atoms with Gasteiger partial charge >= 0.3 is 0 Å². The number of hydrogen-bond acceptors (Lipinski definition) is 4. The normalized spacial score (nSPS) is 10.2. The molecule has 0 unspecified atom stereocenters. The van der Waals surface area contributed by atoms with Gasteiger partial charge in [-0.1, -0.05) is 12.6 Å². The highest BCUT2D eigenvalue weighted by atomic mass is 16.5. The minimum Gasteiger partial charge on any atom is -0.489 e. The predicted octanol–water partition coefficient (Wildman–Crippen LogP) is 4.17. The van der Waals surface area contributed by atoms with Crippen LogP contribution in [-0.2, 0) is 4.79 Å². The molecule has 154 valence electrons. The van der Waals surface area contributed by atoms with E-state index in [1.807, 2.05) is 32.9 Å².